The lowest BCUT2D eigenvalue weighted by Gasteiger charge is -2.36. The predicted octanol–water partition coefficient (Wildman–Crippen LogP) is 2.35. The molecule has 2 fully saturated rings. The Kier molecular flexibility index (Phi) is 4.66. The summed E-state index contributed by atoms with van der Waals surface area (Å²) in [6, 6.07) is 0. The molecule has 0 aliphatic carbocycles. The second kappa shape index (κ2) is 6.02. The Balaban J connectivity index is 1.68. The summed E-state index contributed by atoms with van der Waals surface area (Å²) in [7, 11) is 0. The summed E-state index contributed by atoms with van der Waals surface area (Å²) in [5.74, 6) is 2.77. The van der Waals surface area contributed by atoms with Crippen LogP contribution in [0.3, 0.4) is 0 Å². The molecule has 0 bridgehead atoms. The Labute approximate surface area is 101 Å². The van der Waals surface area contributed by atoms with Crippen molar-refractivity contribution in [2.75, 3.05) is 32.7 Å². The van der Waals surface area contributed by atoms with Gasteiger partial charge < -0.3 is 10.2 Å². The van der Waals surface area contributed by atoms with E-state index in [0.29, 0.717) is 0 Å². The third-order valence-corrected chi connectivity index (χ3v) is 4.20. The molecule has 1 N–H and O–H groups in total. The van der Waals surface area contributed by atoms with Crippen molar-refractivity contribution in [2.45, 2.75) is 39.5 Å². The van der Waals surface area contributed by atoms with E-state index in [1.165, 1.54) is 58.4 Å². The van der Waals surface area contributed by atoms with Gasteiger partial charge in [-0.1, -0.05) is 13.8 Å². The van der Waals surface area contributed by atoms with Gasteiger partial charge in [0, 0.05) is 13.1 Å². The summed E-state index contributed by atoms with van der Waals surface area (Å²) >= 11 is 0. The largest absolute Gasteiger partial charge is 0.316 e. The summed E-state index contributed by atoms with van der Waals surface area (Å²) in [5.41, 5.74) is 0. The van der Waals surface area contributed by atoms with Crippen molar-refractivity contribution in [3.63, 3.8) is 0 Å². The van der Waals surface area contributed by atoms with Gasteiger partial charge in [-0.15, -0.1) is 0 Å². The van der Waals surface area contributed by atoms with Crippen molar-refractivity contribution in [2.24, 2.45) is 17.8 Å². The van der Waals surface area contributed by atoms with Gasteiger partial charge in [-0.25, -0.2) is 0 Å². The minimum atomic E-state index is 0.910. The summed E-state index contributed by atoms with van der Waals surface area (Å²) in [6.07, 6.45) is 5.68. The monoisotopic (exact) mass is 224 g/mol. The average Bonchev–Trinajstić information content (AvgIpc) is 2.27. The molecule has 94 valence electrons. The van der Waals surface area contributed by atoms with Crippen LogP contribution in [0.4, 0.5) is 0 Å². The van der Waals surface area contributed by atoms with Crippen LogP contribution in [0.15, 0.2) is 0 Å². The van der Waals surface area contributed by atoms with Gasteiger partial charge in [0.05, 0.1) is 0 Å². The number of nitrogens with one attached hydrogen (secondary N) is 1. The highest BCUT2D eigenvalue weighted by molar-refractivity contribution is 4.76. The first kappa shape index (κ1) is 12.4. The van der Waals surface area contributed by atoms with E-state index in [0.717, 1.165) is 17.8 Å². The number of nitrogens with zero attached hydrogens (tertiary/aromatic N) is 1. The molecule has 3 unspecified atom stereocenters. The molecule has 0 spiro atoms. The molecule has 0 radical (unpaired) electrons. The quantitative estimate of drug-likeness (QED) is 0.791. The second-order valence-electron chi connectivity index (χ2n) is 6.21. The SMILES string of the molecule is CC1CC(C)CN(CCC2CCCNC2)C1. The smallest absolute Gasteiger partial charge is 0.000724 e. The molecule has 0 aromatic rings. The van der Waals surface area contributed by atoms with Crippen LogP contribution in [0.1, 0.15) is 39.5 Å². The molecule has 2 rings (SSSR count). The topological polar surface area (TPSA) is 15.3 Å². The summed E-state index contributed by atoms with van der Waals surface area (Å²) in [5, 5.41) is 3.52. The molecule has 0 saturated carbocycles. The lowest BCUT2D eigenvalue weighted by atomic mass is 9.90. The lowest BCUT2D eigenvalue weighted by molar-refractivity contribution is 0.130. The van der Waals surface area contributed by atoms with Crippen LogP contribution >= 0.6 is 0 Å². The number of likely N-dealkylation sites (tertiary alicyclic amines) is 1. The summed E-state index contributed by atoms with van der Waals surface area (Å²) in [6.45, 7) is 11.3. The molecule has 0 amide bonds. The Morgan fingerprint density at radius 3 is 2.56 bits per heavy atom. The van der Waals surface area contributed by atoms with Gasteiger partial charge in [0.1, 0.15) is 0 Å². The second-order valence-corrected chi connectivity index (χ2v) is 6.21. The van der Waals surface area contributed by atoms with Gasteiger partial charge >= 0.3 is 0 Å². The minimum absolute atomic E-state index is 0.910. The standard InChI is InChI=1S/C14H28N2/c1-12-8-13(2)11-16(10-12)7-5-14-4-3-6-15-9-14/h12-15H,3-11H2,1-2H3. The third kappa shape index (κ3) is 3.74. The highest BCUT2D eigenvalue weighted by Crippen LogP contribution is 2.22. The first-order chi connectivity index (χ1) is 7.74. The van der Waals surface area contributed by atoms with Crippen molar-refractivity contribution in [1.82, 2.24) is 10.2 Å². The molecule has 2 aliphatic heterocycles. The van der Waals surface area contributed by atoms with E-state index < -0.39 is 0 Å². The highest BCUT2D eigenvalue weighted by Gasteiger charge is 2.22. The van der Waals surface area contributed by atoms with Gasteiger partial charge in [0.2, 0.25) is 0 Å². The van der Waals surface area contributed by atoms with Crippen molar-refractivity contribution in [3.8, 4) is 0 Å². The van der Waals surface area contributed by atoms with Crippen LogP contribution in [-0.4, -0.2) is 37.6 Å². The molecule has 16 heavy (non-hydrogen) atoms. The van der Waals surface area contributed by atoms with Crippen molar-refractivity contribution in [3.05, 3.63) is 0 Å². The van der Waals surface area contributed by atoms with Crippen LogP contribution in [0, 0.1) is 17.8 Å². The lowest BCUT2D eigenvalue weighted by Crippen LogP contribution is -2.40. The normalized spacial score (nSPS) is 37.5. The van der Waals surface area contributed by atoms with Crippen LogP contribution in [-0.2, 0) is 0 Å². The minimum Gasteiger partial charge on any atom is -0.316 e. The zero-order valence-electron chi connectivity index (χ0n) is 11.0. The van der Waals surface area contributed by atoms with Crippen LogP contribution in [0.25, 0.3) is 0 Å². The fourth-order valence-corrected chi connectivity index (χ4v) is 3.51. The van der Waals surface area contributed by atoms with Gasteiger partial charge in [-0.3, -0.25) is 0 Å². The van der Waals surface area contributed by atoms with E-state index >= 15 is 0 Å². The predicted molar refractivity (Wildman–Crippen MR) is 69.6 cm³/mol. The van der Waals surface area contributed by atoms with Crippen LogP contribution in [0.2, 0.25) is 0 Å². The zero-order valence-corrected chi connectivity index (χ0v) is 11.0. The molecular formula is C14H28N2. The summed E-state index contributed by atoms with van der Waals surface area (Å²) in [4.78, 5) is 2.70. The molecule has 0 aromatic heterocycles. The first-order valence-corrected chi connectivity index (χ1v) is 7.17. The Morgan fingerprint density at radius 1 is 1.19 bits per heavy atom. The Morgan fingerprint density at radius 2 is 1.94 bits per heavy atom. The van der Waals surface area contributed by atoms with E-state index in [9.17, 15) is 0 Å². The molecule has 0 aromatic carbocycles. The number of hydrogen-bond donors (Lipinski definition) is 1. The number of rotatable bonds is 3. The maximum absolute atomic E-state index is 3.52. The first-order valence-electron chi connectivity index (χ1n) is 7.17. The number of hydrogen-bond acceptors (Lipinski definition) is 2. The highest BCUT2D eigenvalue weighted by atomic mass is 15.1. The van der Waals surface area contributed by atoms with Gasteiger partial charge in [-0.05, 0) is 63.1 Å². The van der Waals surface area contributed by atoms with E-state index in [1.807, 2.05) is 0 Å². The van der Waals surface area contributed by atoms with E-state index in [2.05, 4.69) is 24.1 Å². The molecular weight excluding hydrogens is 196 g/mol. The maximum Gasteiger partial charge on any atom is 0.000724 e. The van der Waals surface area contributed by atoms with Crippen molar-refractivity contribution >= 4 is 0 Å². The van der Waals surface area contributed by atoms with Gasteiger partial charge in [0.25, 0.3) is 0 Å². The molecule has 3 atom stereocenters. The summed E-state index contributed by atoms with van der Waals surface area (Å²) < 4.78 is 0. The molecule has 2 saturated heterocycles. The average molecular weight is 224 g/mol. The fourth-order valence-electron chi connectivity index (χ4n) is 3.51. The molecule has 2 aliphatic rings. The van der Waals surface area contributed by atoms with E-state index in [-0.39, 0.29) is 0 Å². The van der Waals surface area contributed by atoms with Crippen LogP contribution < -0.4 is 5.32 Å². The molecule has 2 heterocycles. The van der Waals surface area contributed by atoms with Crippen molar-refractivity contribution in [1.29, 1.82) is 0 Å². The van der Waals surface area contributed by atoms with Crippen molar-refractivity contribution < 1.29 is 0 Å². The number of piperidine rings is 2. The molecule has 2 heteroatoms. The van der Waals surface area contributed by atoms with E-state index in [1.54, 1.807) is 0 Å². The third-order valence-electron chi connectivity index (χ3n) is 4.20. The van der Waals surface area contributed by atoms with Gasteiger partial charge in [0.15, 0.2) is 0 Å². The van der Waals surface area contributed by atoms with Crippen LogP contribution in [0.5, 0.6) is 0 Å². The fraction of sp³-hybridized carbons (Fsp3) is 1.00. The van der Waals surface area contributed by atoms with Gasteiger partial charge in [-0.2, -0.15) is 0 Å². The Bertz CT molecular complexity index is 189. The van der Waals surface area contributed by atoms with E-state index in [4.69, 9.17) is 0 Å². The maximum atomic E-state index is 3.52. The Hall–Kier alpha value is -0.0800. The zero-order chi connectivity index (χ0) is 11.4. The molecule has 2 nitrogen and oxygen atoms in total.